The lowest BCUT2D eigenvalue weighted by Gasteiger charge is -2.28. The van der Waals surface area contributed by atoms with Crippen molar-refractivity contribution in [3.05, 3.63) is 35.9 Å². The van der Waals surface area contributed by atoms with Crippen LogP contribution in [0.3, 0.4) is 0 Å². The molecule has 0 aliphatic heterocycles. The molecular weight excluding hydrogens is 434 g/mol. The molecule has 2 amide bonds. The Balaban J connectivity index is 2.07. The minimum absolute atomic E-state index is 0.113. The second-order valence-electron chi connectivity index (χ2n) is 9.83. The van der Waals surface area contributed by atoms with Crippen LogP contribution in [0.5, 0.6) is 0 Å². The first kappa shape index (κ1) is 27.5. The molecule has 0 aromatic heterocycles. The van der Waals surface area contributed by atoms with Crippen LogP contribution in [0.1, 0.15) is 52.5 Å². The number of amides is 2. The van der Waals surface area contributed by atoms with Gasteiger partial charge in [0.05, 0.1) is 13.2 Å². The fourth-order valence-electron chi connectivity index (χ4n) is 4.52. The number of methoxy groups -OCH3 is 1. The van der Waals surface area contributed by atoms with E-state index >= 15 is 0 Å². The van der Waals surface area contributed by atoms with Gasteiger partial charge in [0, 0.05) is 11.8 Å². The molecular formula is C26H39N3O5. The number of benzene rings is 1. The van der Waals surface area contributed by atoms with Crippen molar-refractivity contribution in [2.75, 3.05) is 7.11 Å². The van der Waals surface area contributed by atoms with Gasteiger partial charge in [0.25, 0.3) is 0 Å². The highest BCUT2D eigenvalue weighted by Crippen LogP contribution is 2.33. The van der Waals surface area contributed by atoms with Crippen LogP contribution >= 0.6 is 0 Å². The molecule has 1 aromatic carbocycles. The van der Waals surface area contributed by atoms with Gasteiger partial charge in [-0.1, -0.05) is 64.4 Å². The molecule has 8 heteroatoms. The van der Waals surface area contributed by atoms with Gasteiger partial charge in [0.2, 0.25) is 11.8 Å². The van der Waals surface area contributed by atoms with Crippen molar-refractivity contribution < 1.29 is 23.9 Å². The molecule has 1 aliphatic rings. The summed E-state index contributed by atoms with van der Waals surface area (Å²) >= 11 is 0. The molecule has 1 aliphatic carbocycles. The Bertz CT molecular complexity index is 855. The molecule has 0 spiro atoms. The van der Waals surface area contributed by atoms with Gasteiger partial charge >= 0.3 is 5.97 Å². The Labute approximate surface area is 202 Å². The first-order valence-corrected chi connectivity index (χ1v) is 12.1. The average Bonchev–Trinajstić information content (AvgIpc) is 3.29. The standard InChI is InChI=1S/C26H39N3O5/c1-15(2)21(25(32)29-22(16(3)4)26(33)34-5)28-24(31)19-13-9-12-18(19)23(30)20(27)14-17-10-7-6-8-11-17/h6-8,10-11,15-16,18-22H,9,12-14,27H2,1-5H3,(H,28,31)(H,29,32)/t18?,19-,20+,21-,22?/m1/s1. The first-order valence-electron chi connectivity index (χ1n) is 12.1. The van der Waals surface area contributed by atoms with E-state index in [9.17, 15) is 19.2 Å². The lowest BCUT2D eigenvalue weighted by atomic mass is 9.85. The van der Waals surface area contributed by atoms with Crippen molar-refractivity contribution in [2.45, 2.75) is 71.5 Å². The Kier molecular flexibility index (Phi) is 10.2. The number of hydrogen-bond acceptors (Lipinski definition) is 6. The number of carbonyl (C=O) groups excluding carboxylic acids is 4. The zero-order valence-electron chi connectivity index (χ0n) is 20.9. The summed E-state index contributed by atoms with van der Waals surface area (Å²) in [5.41, 5.74) is 7.20. The molecule has 5 atom stereocenters. The average molecular weight is 474 g/mol. The third kappa shape index (κ3) is 7.13. The van der Waals surface area contributed by atoms with Crippen molar-refractivity contribution in [1.29, 1.82) is 0 Å². The minimum Gasteiger partial charge on any atom is -0.467 e. The summed E-state index contributed by atoms with van der Waals surface area (Å²) in [5, 5.41) is 5.55. The van der Waals surface area contributed by atoms with E-state index in [1.165, 1.54) is 7.11 Å². The molecule has 34 heavy (non-hydrogen) atoms. The predicted molar refractivity (Wildman–Crippen MR) is 130 cm³/mol. The Morgan fingerprint density at radius 2 is 1.53 bits per heavy atom. The van der Waals surface area contributed by atoms with E-state index in [2.05, 4.69) is 10.6 Å². The summed E-state index contributed by atoms with van der Waals surface area (Å²) in [4.78, 5) is 51.3. The molecule has 0 bridgehead atoms. The number of nitrogens with two attached hydrogens (primary N) is 1. The van der Waals surface area contributed by atoms with Crippen molar-refractivity contribution >= 4 is 23.6 Å². The maximum Gasteiger partial charge on any atom is 0.328 e. The second-order valence-corrected chi connectivity index (χ2v) is 9.83. The van der Waals surface area contributed by atoms with E-state index in [1.54, 1.807) is 13.8 Å². The van der Waals surface area contributed by atoms with Gasteiger partial charge in [-0.05, 0) is 36.7 Å². The van der Waals surface area contributed by atoms with Crippen LogP contribution in [0.4, 0.5) is 0 Å². The number of hydrogen-bond donors (Lipinski definition) is 3. The van der Waals surface area contributed by atoms with Crippen LogP contribution in [-0.2, 0) is 30.3 Å². The topological polar surface area (TPSA) is 128 Å². The lowest BCUT2D eigenvalue weighted by molar-refractivity contribution is -0.147. The zero-order chi connectivity index (χ0) is 25.4. The van der Waals surface area contributed by atoms with Crippen LogP contribution in [0.25, 0.3) is 0 Å². The highest BCUT2D eigenvalue weighted by atomic mass is 16.5. The quantitative estimate of drug-likeness (QED) is 0.422. The molecule has 0 radical (unpaired) electrons. The summed E-state index contributed by atoms with van der Waals surface area (Å²) < 4.78 is 4.79. The third-order valence-electron chi connectivity index (χ3n) is 6.55. The van der Waals surface area contributed by atoms with Gasteiger partial charge in [0.1, 0.15) is 12.1 Å². The molecule has 1 saturated carbocycles. The third-order valence-corrected chi connectivity index (χ3v) is 6.55. The monoisotopic (exact) mass is 473 g/mol. The van der Waals surface area contributed by atoms with Gasteiger partial charge in [-0.3, -0.25) is 14.4 Å². The number of carbonyl (C=O) groups is 4. The second kappa shape index (κ2) is 12.6. The van der Waals surface area contributed by atoms with Gasteiger partial charge in [-0.15, -0.1) is 0 Å². The molecule has 2 unspecified atom stereocenters. The van der Waals surface area contributed by atoms with Crippen LogP contribution in [0.2, 0.25) is 0 Å². The minimum atomic E-state index is -0.840. The SMILES string of the molecule is COC(=O)C(NC(=O)[C@H](NC(=O)[C@@H]1CCCC1C(=O)[C@@H](N)Cc1ccccc1)C(C)C)C(C)C. The van der Waals surface area contributed by atoms with Crippen LogP contribution < -0.4 is 16.4 Å². The van der Waals surface area contributed by atoms with Crippen LogP contribution in [0, 0.1) is 23.7 Å². The molecule has 4 N–H and O–H groups in total. The number of ketones is 1. The first-order chi connectivity index (χ1) is 16.1. The smallest absolute Gasteiger partial charge is 0.328 e. The summed E-state index contributed by atoms with van der Waals surface area (Å²) in [6.07, 6.45) is 2.35. The lowest BCUT2D eigenvalue weighted by Crippen LogP contribution is -2.56. The maximum absolute atomic E-state index is 13.2. The van der Waals surface area contributed by atoms with E-state index in [4.69, 9.17) is 10.5 Å². The van der Waals surface area contributed by atoms with E-state index < -0.39 is 41.8 Å². The number of ether oxygens (including phenoxy) is 1. The van der Waals surface area contributed by atoms with Gasteiger partial charge in [-0.25, -0.2) is 4.79 Å². The van der Waals surface area contributed by atoms with E-state index in [1.807, 2.05) is 44.2 Å². The van der Waals surface area contributed by atoms with Crippen LogP contribution in [-0.4, -0.2) is 48.8 Å². The molecule has 1 fully saturated rings. The fourth-order valence-corrected chi connectivity index (χ4v) is 4.52. The van der Waals surface area contributed by atoms with Crippen molar-refractivity contribution in [1.82, 2.24) is 10.6 Å². The number of Topliss-reactive ketones (excluding diaryl/α,β-unsaturated/α-hetero) is 1. The predicted octanol–water partition coefficient (Wildman–Crippen LogP) is 2.00. The molecule has 0 saturated heterocycles. The molecule has 8 nitrogen and oxygen atoms in total. The summed E-state index contributed by atoms with van der Waals surface area (Å²) in [5.74, 6) is -2.81. The number of rotatable bonds is 11. The fraction of sp³-hybridized carbons (Fsp3) is 0.615. The number of esters is 1. The highest BCUT2D eigenvalue weighted by Gasteiger charge is 2.41. The van der Waals surface area contributed by atoms with Crippen molar-refractivity contribution in [3.8, 4) is 0 Å². The molecule has 0 heterocycles. The summed E-state index contributed by atoms with van der Waals surface area (Å²) in [6.45, 7) is 7.25. The van der Waals surface area contributed by atoms with E-state index in [-0.39, 0.29) is 23.5 Å². The summed E-state index contributed by atoms with van der Waals surface area (Å²) in [6, 6.07) is 7.23. The van der Waals surface area contributed by atoms with Crippen molar-refractivity contribution in [3.63, 3.8) is 0 Å². The Hall–Kier alpha value is -2.74. The van der Waals surface area contributed by atoms with Crippen molar-refractivity contribution in [2.24, 2.45) is 29.4 Å². The largest absolute Gasteiger partial charge is 0.467 e. The van der Waals surface area contributed by atoms with Gasteiger partial charge < -0.3 is 21.1 Å². The highest BCUT2D eigenvalue weighted by molar-refractivity contribution is 5.95. The normalized spacial score (nSPS) is 20.5. The van der Waals surface area contributed by atoms with Gasteiger partial charge in [0.15, 0.2) is 5.78 Å². The van der Waals surface area contributed by atoms with Crippen LogP contribution in [0.15, 0.2) is 30.3 Å². The Morgan fingerprint density at radius 3 is 2.09 bits per heavy atom. The zero-order valence-corrected chi connectivity index (χ0v) is 20.9. The van der Waals surface area contributed by atoms with Gasteiger partial charge in [-0.2, -0.15) is 0 Å². The summed E-state index contributed by atoms with van der Waals surface area (Å²) in [7, 11) is 1.27. The number of nitrogens with one attached hydrogen (secondary N) is 2. The molecule has 2 rings (SSSR count). The van der Waals surface area contributed by atoms with E-state index in [0.717, 1.165) is 12.0 Å². The maximum atomic E-state index is 13.2. The van der Waals surface area contributed by atoms with E-state index in [0.29, 0.717) is 19.3 Å². The molecule has 1 aromatic rings. The molecule has 188 valence electrons. The Morgan fingerprint density at radius 1 is 0.941 bits per heavy atom.